The first-order valence-corrected chi connectivity index (χ1v) is 14.1. The number of hydrogen-bond donors (Lipinski definition) is 1. The monoisotopic (exact) mass is 528 g/mol. The number of aromatic amines is 1. The normalized spacial score (nSPS) is 11.9. The third-order valence-electron chi connectivity index (χ3n) is 8.13. The maximum Gasteiger partial charge on any atom is 0.143 e. The highest BCUT2D eigenvalue weighted by Gasteiger charge is 2.21. The molecule has 4 nitrogen and oxygen atoms in total. The quantitative estimate of drug-likeness (QED) is 0.247. The predicted molar refractivity (Wildman–Crippen MR) is 171 cm³/mol. The molecule has 4 heteroatoms. The third-order valence-corrected chi connectivity index (χ3v) is 8.13. The Morgan fingerprint density at radius 1 is 0.659 bits per heavy atom. The zero-order valence-electron chi connectivity index (χ0n) is 23.0. The predicted octanol–water partition coefficient (Wildman–Crippen LogP) is 9.80. The van der Waals surface area contributed by atoms with Gasteiger partial charge in [-0.1, -0.05) is 72.8 Å². The summed E-state index contributed by atoms with van der Waals surface area (Å²) in [6.07, 6.45) is 1.86. The highest BCUT2D eigenvalue weighted by atomic mass is 15.1. The van der Waals surface area contributed by atoms with Crippen LogP contribution in [0.15, 0.2) is 121 Å². The van der Waals surface area contributed by atoms with E-state index in [1.54, 1.807) is 0 Å². The number of nitrogens with one attached hydrogen (secondary N) is 1. The van der Waals surface area contributed by atoms with Gasteiger partial charge in [-0.3, -0.25) is 4.98 Å². The lowest BCUT2D eigenvalue weighted by Gasteiger charge is -2.14. The van der Waals surface area contributed by atoms with E-state index in [4.69, 9.17) is 9.97 Å². The molecule has 8 rings (SSSR count). The summed E-state index contributed by atoms with van der Waals surface area (Å²) in [6.45, 7) is 4.47. The molecular weight excluding hydrogens is 500 g/mol. The molecule has 0 spiro atoms. The van der Waals surface area contributed by atoms with E-state index in [1.807, 2.05) is 18.3 Å². The molecule has 3 heterocycles. The Hall–Kier alpha value is -5.22. The molecule has 8 aromatic rings. The first-order chi connectivity index (χ1) is 20.2. The molecule has 1 N–H and O–H groups in total. The second-order valence-electron chi connectivity index (χ2n) is 10.9. The van der Waals surface area contributed by atoms with Crippen molar-refractivity contribution in [3.63, 3.8) is 0 Å². The smallest absolute Gasteiger partial charge is 0.143 e. The number of rotatable bonds is 4. The Bertz CT molecular complexity index is 2240. The topological polar surface area (TPSA) is 46.5 Å². The van der Waals surface area contributed by atoms with Crippen molar-refractivity contribution in [1.82, 2.24) is 19.5 Å². The Morgan fingerprint density at radius 2 is 1.41 bits per heavy atom. The summed E-state index contributed by atoms with van der Waals surface area (Å²) in [6, 6.07) is 41.0. The summed E-state index contributed by atoms with van der Waals surface area (Å²) in [5, 5.41) is 4.83. The van der Waals surface area contributed by atoms with Crippen molar-refractivity contribution >= 4 is 43.6 Å². The standard InChI is InChI=1S/C37H28N4/c1-23(2)41-34-19-10-14-27(25-21-24-11-3-4-12-26(24)31(22-25)32-17-7-8-20-38-32)36(34)40-37(41)30-16-9-15-29-28-13-5-6-18-33(28)39-35(29)30/h3-23,39H,1-2H3. The maximum atomic E-state index is 5.41. The molecule has 0 saturated carbocycles. The number of imidazole rings is 1. The number of fused-ring (bicyclic) bond motifs is 5. The lowest BCUT2D eigenvalue weighted by atomic mass is 9.94. The molecule has 0 amide bonds. The Morgan fingerprint density at radius 3 is 2.27 bits per heavy atom. The highest BCUT2D eigenvalue weighted by molar-refractivity contribution is 6.12. The van der Waals surface area contributed by atoms with Crippen LogP contribution in [0.1, 0.15) is 19.9 Å². The average Bonchev–Trinajstić information content (AvgIpc) is 3.60. The molecule has 41 heavy (non-hydrogen) atoms. The molecule has 0 unspecified atom stereocenters. The molecule has 3 aromatic heterocycles. The summed E-state index contributed by atoms with van der Waals surface area (Å²) < 4.78 is 2.37. The Balaban J connectivity index is 1.41. The molecule has 0 aliphatic carbocycles. The summed E-state index contributed by atoms with van der Waals surface area (Å²) in [5.41, 5.74) is 9.87. The maximum absolute atomic E-state index is 5.41. The van der Waals surface area contributed by atoms with Crippen molar-refractivity contribution < 1.29 is 0 Å². The van der Waals surface area contributed by atoms with Gasteiger partial charge in [-0.05, 0) is 72.6 Å². The van der Waals surface area contributed by atoms with Crippen molar-refractivity contribution in [3.05, 3.63) is 121 Å². The van der Waals surface area contributed by atoms with Crippen LogP contribution in [0.2, 0.25) is 0 Å². The van der Waals surface area contributed by atoms with E-state index in [1.165, 1.54) is 21.5 Å². The molecule has 0 aliphatic rings. The average molecular weight is 529 g/mol. The van der Waals surface area contributed by atoms with Gasteiger partial charge >= 0.3 is 0 Å². The SMILES string of the molecule is CC(C)n1c(-c2cccc3c2[nH]c2ccccc23)nc2c(-c3cc(-c4ccccn4)c4ccccc4c3)cccc21. The number of nitrogens with zero attached hydrogens (tertiary/aromatic N) is 3. The van der Waals surface area contributed by atoms with E-state index in [0.717, 1.165) is 55.8 Å². The minimum absolute atomic E-state index is 0.227. The summed E-state index contributed by atoms with van der Waals surface area (Å²) >= 11 is 0. The van der Waals surface area contributed by atoms with Crippen LogP contribution in [0.25, 0.3) is 77.4 Å². The second-order valence-corrected chi connectivity index (χ2v) is 10.9. The van der Waals surface area contributed by atoms with Crippen LogP contribution in [0, 0.1) is 0 Å². The van der Waals surface area contributed by atoms with E-state index in [-0.39, 0.29) is 6.04 Å². The summed E-state index contributed by atoms with van der Waals surface area (Å²) in [5.74, 6) is 0.977. The number of aromatic nitrogens is 4. The number of benzene rings is 5. The molecule has 0 fully saturated rings. The first-order valence-electron chi connectivity index (χ1n) is 14.1. The number of para-hydroxylation sites is 3. The van der Waals surface area contributed by atoms with Gasteiger partial charge in [0.05, 0.1) is 22.2 Å². The zero-order chi connectivity index (χ0) is 27.5. The van der Waals surface area contributed by atoms with E-state index in [0.29, 0.717) is 0 Å². The van der Waals surface area contributed by atoms with E-state index in [9.17, 15) is 0 Å². The lowest BCUT2D eigenvalue weighted by molar-refractivity contribution is 0.624. The van der Waals surface area contributed by atoms with Gasteiger partial charge in [0.2, 0.25) is 0 Å². The van der Waals surface area contributed by atoms with Crippen molar-refractivity contribution in [1.29, 1.82) is 0 Å². The van der Waals surface area contributed by atoms with Gasteiger partial charge < -0.3 is 9.55 Å². The lowest BCUT2D eigenvalue weighted by Crippen LogP contribution is -2.03. The molecular formula is C37H28N4. The number of hydrogen-bond acceptors (Lipinski definition) is 2. The fraction of sp³-hybridized carbons (Fsp3) is 0.0811. The van der Waals surface area contributed by atoms with Crippen molar-refractivity contribution in [2.24, 2.45) is 0 Å². The molecule has 0 saturated heterocycles. The summed E-state index contributed by atoms with van der Waals surface area (Å²) in [4.78, 5) is 13.8. The molecule has 0 aliphatic heterocycles. The van der Waals surface area contributed by atoms with Gasteiger partial charge in [-0.15, -0.1) is 0 Å². The fourth-order valence-corrected chi connectivity index (χ4v) is 6.32. The largest absolute Gasteiger partial charge is 0.354 e. The van der Waals surface area contributed by atoms with Gasteiger partial charge in [-0.25, -0.2) is 4.98 Å². The van der Waals surface area contributed by atoms with E-state index < -0.39 is 0 Å². The molecule has 196 valence electrons. The Kier molecular flexibility index (Phi) is 5.29. The molecule has 0 atom stereocenters. The second kappa shape index (κ2) is 9.17. The van der Waals surface area contributed by atoms with Crippen molar-refractivity contribution in [2.75, 3.05) is 0 Å². The number of pyridine rings is 1. The van der Waals surface area contributed by atoms with E-state index in [2.05, 4.69) is 127 Å². The van der Waals surface area contributed by atoms with Gasteiger partial charge in [0.25, 0.3) is 0 Å². The third kappa shape index (κ3) is 3.68. The highest BCUT2D eigenvalue weighted by Crippen LogP contribution is 2.40. The van der Waals surface area contributed by atoms with Crippen LogP contribution in [0.3, 0.4) is 0 Å². The van der Waals surface area contributed by atoms with Crippen LogP contribution in [-0.2, 0) is 0 Å². The minimum Gasteiger partial charge on any atom is -0.354 e. The van der Waals surface area contributed by atoms with Crippen LogP contribution >= 0.6 is 0 Å². The molecule has 0 radical (unpaired) electrons. The Labute approximate surface area is 237 Å². The molecule has 5 aromatic carbocycles. The van der Waals surface area contributed by atoms with Gasteiger partial charge in [-0.2, -0.15) is 0 Å². The van der Waals surface area contributed by atoms with Crippen LogP contribution in [-0.4, -0.2) is 19.5 Å². The van der Waals surface area contributed by atoms with E-state index >= 15 is 0 Å². The minimum atomic E-state index is 0.227. The van der Waals surface area contributed by atoms with Crippen molar-refractivity contribution in [2.45, 2.75) is 19.9 Å². The number of H-pyrrole nitrogens is 1. The van der Waals surface area contributed by atoms with Crippen LogP contribution < -0.4 is 0 Å². The van der Waals surface area contributed by atoms with Gasteiger partial charge in [0, 0.05) is 45.2 Å². The van der Waals surface area contributed by atoms with Gasteiger partial charge in [0.15, 0.2) is 0 Å². The molecule has 0 bridgehead atoms. The van der Waals surface area contributed by atoms with Crippen LogP contribution in [0.5, 0.6) is 0 Å². The summed E-state index contributed by atoms with van der Waals surface area (Å²) in [7, 11) is 0. The van der Waals surface area contributed by atoms with Gasteiger partial charge in [0.1, 0.15) is 5.82 Å². The van der Waals surface area contributed by atoms with Crippen molar-refractivity contribution in [3.8, 4) is 33.8 Å². The first kappa shape index (κ1) is 23.6. The fourth-order valence-electron chi connectivity index (χ4n) is 6.32. The zero-order valence-corrected chi connectivity index (χ0v) is 23.0. The van der Waals surface area contributed by atoms with Crippen LogP contribution in [0.4, 0.5) is 0 Å².